The van der Waals surface area contributed by atoms with Crippen LogP contribution in [0.2, 0.25) is 0 Å². The van der Waals surface area contributed by atoms with Gasteiger partial charge in [0, 0.05) is 6.42 Å². The lowest BCUT2D eigenvalue weighted by atomic mass is 10.0. The Hall–Kier alpha value is -1.26. The van der Waals surface area contributed by atoms with E-state index in [1.165, 1.54) is 6.42 Å². The van der Waals surface area contributed by atoms with Crippen molar-refractivity contribution in [2.75, 3.05) is 18.4 Å². The van der Waals surface area contributed by atoms with E-state index in [2.05, 4.69) is 10.6 Å². The van der Waals surface area contributed by atoms with Crippen LogP contribution >= 0.6 is 12.4 Å². The van der Waals surface area contributed by atoms with Crippen molar-refractivity contribution in [1.29, 1.82) is 0 Å². The maximum Gasteiger partial charge on any atom is 0.224 e. The standard InChI is InChI=1S/C17H26N2O2.ClH/c1-17(2,3)21-15-7-5-4-6-14(15)19-16(20)9-8-13-10-11-18-12-13;/h4-7,13,18H,8-12H2,1-3H3,(H,19,20);1H. The van der Waals surface area contributed by atoms with Gasteiger partial charge in [0.1, 0.15) is 11.4 Å². The summed E-state index contributed by atoms with van der Waals surface area (Å²) in [7, 11) is 0. The van der Waals surface area contributed by atoms with Crippen molar-refractivity contribution in [2.45, 2.75) is 45.6 Å². The molecule has 22 heavy (non-hydrogen) atoms. The smallest absolute Gasteiger partial charge is 0.224 e. The molecule has 5 heteroatoms. The van der Waals surface area contributed by atoms with Crippen LogP contribution < -0.4 is 15.4 Å². The van der Waals surface area contributed by atoms with Gasteiger partial charge in [0.2, 0.25) is 5.91 Å². The molecule has 0 aliphatic carbocycles. The number of nitrogens with one attached hydrogen (secondary N) is 2. The summed E-state index contributed by atoms with van der Waals surface area (Å²) in [6.45, 7) is 8.11. The SMILES string of the molecule is CC(C)(C)Oc1ccccc1NC(=O)CCC1CCNC1.Cl. The zero-order chi connectivity index (χ0) is 15.3. The fourth-order valence-electron chi connectivity index (χ4n) is 2.50. The topological polar surface area (TPSA) is 50.4 Å². The molecule has 1 heterocycles. The molecular weight excluding hydrogens is 300 g/mol. The highest BCUT2D eigenvalue weighted by Gasteiger charge is 2.18. The molecule has 124 valence electrons. The van der Waals surface area contributed by atoms with Crippen molar-refractivity contribution < 1.29 is 9.53 Å². The summed E-state index contributed by atoms with van der Waals surface area (Å²) in [5.41, 5.74) is 0.470. The van der Waals surface area contributed by atoms with Crippen molar-refractivity contribution in [3.8, 4) is 5.75 Å². The molecule has 0 bridgehead atoms. The number of benzene rings is 1. The van der Waals surface area contributed by atoms with Gasteiger partial charge >= 0.3 is 0 Å². The molecule has 0 saturated carbocycles. The van der Waals surface area contributed by atoms with Gasteiger partial charge in [0.25, 0.3) is 0 Å². The molecule has 4 nitrogen and oxygen atoms in total. The minimum Gasteiger partial charge on any atom is -0.486 e. The largest absolute Gasteiger partial charge is 0.486 e. The van der Waals surface area contributed by atoms with Crippen LogP contribution in [0, 0.1) is 5.92 Å². The molecule has 0 radical (unpaired) electrons. The van der Waals surface area contributed by atoms with E-state index in [-0.39, 0.29) is 23.9 Å². The molecule has 2 rings (SSSR count). The predicted molar refractivity (Wildman–Crippen MR) is 92.9 cm³/mol. The Morgan fingerprint density at radius 2 is 2.09 bits per heavy atom. The number of para-hydroxylation sites is 2. The van der Waals surface area contributed by atoms with Crippen LogP contribution in [0.15, 0.2) is 24.3 Å². The van der Waals surface area contributed by atoms with E-state index >= 15 is 0 Å². The van der Waals surface area contributed by atoms with Gasteiger partial charge in [0.05, 0.1) is 5.69 Å². The second-order valence-electron chi connectivity index (χ2n) is 6.66. The number of hydrogen-bond donors (Lipinski definition) is 2. The van der Waals surface area contributed by atoms with E-state index in [0.717, 1.165) is 30.9 Å². The van der Waals surface area contributed by atoms with Crippen molar-refractivity contribution in [3.63, 3.8) is 0 Å². The Kier molecular flexibility index (Phi) is 7.17. The fraction of sp³-hybridized carbons (Fsp3) is 0.588. The van der Waals surface area contributed by atoms with Crippen LogP contribution in [0.25, 0.3) is 0 Å². The molecule has 0 spiro atoms. The zero-order valence-electron chi connectivity index (χ0n) is 13.6. The van der Waals surface area contributed by atoms with Crippen molar-refractivity contribution in [1.82, 2.24) is 5.32 Å². The van der Waals surface area contributed by atoms with E-state index in [0.29, 0.717) is 12.3 Å². The highest BCUT2D eigenvalue weighted by molar-refractivity contribution is 5.92. The number of ether oxygens (including phenoxy) is 1. The Balaban J connectivity index is 0.00000242. The molecule has 1 aromatic rings. The summed E-state index contributed by atoms with van der Waals surface area (Å²) in [5.74, 6) is 1.42. The normalized spacial score (nSPS) is 17.7. The lowest BCUT2D eigenvalue weighted by molar-refractivity contribution is -0.116. The van der Waals surface area contributed by atoms with Crippen molar-refractivity contribution in [3.05, 3.63) is 24.3 Å². The number of carbonyl (C=O) groups excluding carboxylic acids is 1. The van der Waals surface area contributed by atoms with Crippen molar-refractivity contribution >= 4 is 24.0 Å². The van der Waals surface area contributed by atoms with Gasteiger partial charge in [-0.05, 0) is 64.8 Å². The molecule has 1 unspecified atom stereocenters. The first-order valence-electron chi connectivity index (χ1n) is 7.73. The summed E-state index contributed by atoms with van der Waals surface area (Å²) in [6, 6.07) is 7.60. The van der Waals surface area contributed by atoms with Gasteiger partial charge in [-0.2, -0.15) is 0 Å². The minimum absolute atomic E-state index is 0. The van der Waals surface area contributed by atoms with Gasteiger partial charge in [-0.25, -0.2) is 0 Å². The number of amides is 1. The lowest BCUT2D eigenvalue weighted by Gasteiger charge is -2.23. The quantitative estimate of drug-likeness (QED) is 0.869. The highest BCUT2D eigenvalue weighted by Crippen LogP contribution is 2.28. The lowest BCUT2D eigenvalue weighted by Crippen LogP contribution is -2.24. The molecule has 1 aromatic carbocycles. The monoisotopic (exact) mass is 326 g/mol. The molecule has 0 aromatic heterocycles. The summed E-state index contributed by atoms with van der Waals surface area (Å²) in [5, 5.41) is 6.30. The fourth-order valence-corrected chi connectivity index (χ4v) is 2.50. The minimum atomic E-state index is -0.281. The molecule has 1 amide bonds. The maximum atomic E-state index is 12.1. The van der Waals surface area contributed by atoms with E-state index in [1.54, 1.807) is 0 Å². The Morgan fingerprint density at radius 1 is 1.36 bits per heavy atom. The third-order valence-corrected chi connectivity index (χ3v) is 3.52. The zero-order valence-corrected chi connectivity index (χ0v) is 14.5. The number of hydrogen-bond acceptors (Lipinski definition) is 3. The Morgan fingerprint density at radius 3 is 2.73 bits per heavy atom. The third-order valence-electron chi connectivity index (χ3n) is 3.52. The molecule has 1 atom stereocenters. The summed E-state index contributed by atoms with van der Waals surface area (Å²) in [6.07, 6.45) is 2.69. The van der Waals surface area contributed by atoms with E-state index in [4.69, 9.17) is 4.74 Å². The van der Waals surface area contributed by atoms with Gasteiger partial charge in [-0.15, -0.1) is 12.4 Å². The van der Waals surface area contributed by atoms with E-state index < -0.39 is 0 Å². The summed E-state index contributed by atoms with van der Waals surface area (Å²) < 4.78 is 5.89. The molecular formula is C17H27ClN2O2. The predicted octanol–water partition coefficient (Wildman–Crippen LogP) is 3.61. The van der Waals surface area contributed by atoms with Gasteiger partial charge in [-0.3, -0.25) is 4.79 Å². The second kappa shape index (κ2) is 8.39. The first kappa shape index (κ1) is 18.8. The van der Waals surface area contributed by atoms with Gasteiger partial charge in [-0.1, -0.05) is 12.1 Å². The number of anilines is 1. The number of rotatable bonds is 5. The van der Waals surface area contributed by atoms with Crippen molar-refractivity contribution in [2.24, 2.45) is 5.92 Å². The Bertz CT molecular complexity index is 480. The maximum absolute atomic E-state index is 12.1. The summed E-state index contributed by atoms with van der Waals surface area (Å²) >= 11 is 0. The Labute approximate surface area is 139 Å². The van der Waals surface area contributed by atoms with Crippen LogP contribution in [0.3, 0.4) is 0 Å². The van der Waals surface area contributed by atoms with Gasteiger partial charge < -0.3 is 15.4 Å². The van der Waals surface area contributed by atoms with Crippen LogP contribution in [0.1, 0.15) is 40.0 Å². The third kappa shape index (κ3) is 6.24. The van der Waals surface area contributed by atoms with Gasteiger partial charge in [0.15, 0.2) is 0 Å². The van der Waals surface area contributed by atoms with Crippen LogP contribution in [-0.4, -0.2) is 24.6 Å². The van der Waals surface area contributed by atoms with E-state index in [1.807, 2.05) is 45.0 Å². The molecule has 1 aliphatic heterocycles. The van der Waals surface area contributed by atoms with Crippen LogP contribution in [-0.2, 0) is 4.79 Å². The molecule has 2 N–H and O–H groups in total. The first-order chi connectivity index (χ1) is 9.94. The molecule has 1 fully saturated rings. The second-order valence-corrected chi connectivity index (χ2v) is 6.66. The molecule has 1 aliphatic rings. The number of halogens is 1. The molecule has 1 saturated heterocycles. The summed E-state index contributed by atoms with van der Waals surface area (Å²) in [4.78, 5) is 12.1. The highest BCUT2D eigenvalue weighted by atomic mass is 35.5. The average Bonchev–Trinajstić information content (AvgIpc) is 2.90. The first-order valence-corrected chi connectivity index (χ1v) is 7.73. The van der Waals surface area contributed by atoms with Crippen LogP contribution in [0.4, 0.5) is 5.69 Å². The average molecular weight is 327 g/mol. The van der Waals surface area contributed by atoms with E-state index in [9.17, 15) is 4.79 Å². The van der Waals surface area contributed by atoms with Crippen LogP contribution in [0.5, 0.6) is 5.75 Å². The number of carbonyl (C=O) groups is 1.